The van der Waals surface area contributed by atoms with E-state index >= 15 is 0 Å². The van der Waals surface area contributed by atoms with Crippen molar-refractivity contribution in [3.05, 3.63) is 0 Å². The van der Waals surface area contributed by atoms with Crippen molar-refractivity contribution in [3.8, 4) is 0 Å². The molecule has 0 saturated carbocycles. The van der Waals surface area contributed by atoms with Gasteiger partial charge in [-0.25, -0.2) is 4.79 Å². The molecule has 0 aliphatic rings. The van der Waals surface area contributed by atoms with Crippen LogP contribution < -0.4 is 10.0 Å². The van der Waals surface area contributed by atoms with Crippen LogP contribution in [0.2, 0.25) is 0 Å². The number of oxime groups is 1. The molecule has 0 rings (SSSR count). The first-order valence-corrected chi connectivity index (χ1v) is 7.85. The highest BCUT2D eigenvalue weighted by Gasteiger charge is 2.46. The molecule has 0 spiro atoms. The first-order chi connectivity index (χ1) is 10.3. The first-order valence-electron chi connectivity index (χ1n) is 6.70. The van der Waals surface area contributed by atoms with Crippen LogP contribution in [0.25, 0.3) is 0 Å². The molecule has 4 N–H and O–H groups in total. The smallest absolute Gasteiger partial charge is 0.408 e. The molecule has 0 aromatic rings. The van der Waals surface area contributed by atoms with E-state index in [1.807, 2.05) is 10.0 Å². The van der Waals surface area contributed by atoms with Crippen LogP contribution in [0.4, 0.5) is 18.0 Å². The molecule has 0 fully saturated rings. The Morgan fingerprint density at radius 3 is 2.26 bits per heavy atom. The molecule has 7 nitrogen and oxygen atoms in total. The predicted molar refractivity (Wildman–Crippen MR) is 79.9 cm³/mol. The second-order valence-corrected chi connectivity index (χ2v) is 7.99. The molecule has 1 unspecified atom stereocenters. The fraction of sp³-hybridized carbons (Fsp3) is 0.833. The fourth-order valence-electron chi connectivity index (χ4n) is 1.61. The number of carbonyl (C=O) groups is 1. The summed E-state index contributed by atoms with van der Waals surface area (Å²) in [5.41, 5.74) is 0. The van der Waals surface area contributed by atoms with Gasteiger partial charge in [0.25, 0.3) is 0 Å². The third kappa shape index (κ3) is 8.28. The van der Waals surface area contributed by atoms with E-state index in [0.29, 0.717) is 0 Å². The minimum atomic E-state index is -4.70. The molecule has 0 radical (unpaired) electrons. The lowest BCUT2D eigenvalue weighted by atomic mass is 9.94. The Morgan fingerprint density at radius 1 is 1.39 bits per heavy atom. The standard InChI is InChI=1S/C12H22F3N3O4S/c1-7(17-10(19)20)8(6-16-21)5-9(12(13,14)15)18-23(22)11(2,3)4/h6-9,17-18,21H,5H2,1-4H3,(H,19,20)/b16-6+/t7-,8+,9-,23?/m1/s1. The zero-order valence-corrected chi connectivity index (χ0v) is 14.0. The minimum absolute atomic E-state index is 0.642. The molecule has 4 atom stereocenters. The van der Waals surface area contributed by atoms with Crippen molar-refractivity contribution < 1.29 is 32.8 Å². The van der Waals surface area contributed by atoms with Crippen LogP contribution in [0.15, 0.2) is 5.16 Å². The lowest BCUT2D eigenvalue weighted by molar-refractivity contribution is -0.154. The topological polar surface area (TPSA) is 117 Å². The number of alkyl halides is 3. The van der Waals surface area contributed by atoms with Gasteiger partial charge in [-0.1, -0.05) is 0 Å². The molecule has 0 aromatic carbocycles. The van der Waals surface area contributed by atoms with Crippen molar-refractivity contribution in [1.29, 1.82) is 0 Å². The van der Waals surface area contributed by atoms with Crippen LogP contribution in [0.5, 0.6) is 0 Å². The summed E-state index contributed by atoms with van der Waals surface area (Å²) < 4.78 is 52.5. The normalized spacial score (nSPS) is 18.4. The Morgan fingerprint density at radius 2 is 1.91 bits per heavy atom. The summed E-state index contributed by atoms with van der Waals surface area (Å²) >= 11 is -1.97. The van der Waals surface area contributed by atoms with Gasteiger partial charge in [0.2, 0.25) is 0 Å². The summed E-state index contributed by atoms with van der Waals surface area (Å²) in [6.07, 6.45) is -5.94. The largest absolute Gasteiger partial charge is 0.598 e. The van der Waals surface area contributed by atoms with E-state index in [4.69, 9.17) is 10.3 Å². The Kier molecular flexibility index (Phi) is 8.15. The predicted octanol–water partition coefficient (Wildman–Crippen LogP) is 2.09. The van der Waals surface area contributed by atoms with Gasteiger partial charge in [-0.15, -0.1) is 9.88 Å². The molecule has 1 amide bonds. The van der Waals surface area contributed by atoms with Crippen molar-refractivity contribution in [1.82, 2.24) is 10.0 Å². The van der Waals surface area contributed by atoms with E-state index in [1.165, 1.54) is 27.7 Å². The number of hydrogen-bond donors (Lipinski definition) is 4. The highest BCUT2D eigenvalue weighted by Crippen LogP contribution is 2.28. The third-order valence-corrected chi connectivity index (χ3v) is 4.57. The molecule has 0 heterocycles. The SMILES string of the molecule is C[C@@H](NC(=O)O)[C@H](/C=N/O)C[C@@H](N[S+]([O-])C(C)(C)C)C(F)(F)F. The first kappa shape index (κ1) is 21.8. The molecule has 0 aliphatic carbocycles. The molecule has 0 bridgehead atoms. The monoisotopic (exact) mass is 361 g/mol. The fourth-order valence-corrected chi connectivity index (χ4v) is 2.45. The molecule has 11 heteroatoms. The van der Waals surface area contributed by atoms with Gasteiger partial charge in [-0.05, 0) is 34.1 Å². The zero-order chi connectivity index (χ0) is 18.4. The zero-order valence-electron chi connectivity index (χ0n) is 13.2. The second kappa shape index (κ2) is 8.60. The summed E-state index contributed by atoms with van der Waals surface area (Å²) in [4.78, 5) is 10.6. The maximum atomic E-state index is 13.2. The van der Waals surface area contributed by atoms with E-state index in [2.05, 4.69) is 5.16 Å². The highest BCUT2D eigenvalue weighted by atomic mass is 32.2. The number of halogens is 3. The van der Waals surface area contributed by atoms with Crippen molar-refractivity contribution in [3.63, 3.8) is 0 Å². The summed E-state index contributed by atoms with van der Waals surface area (Å²) in [5, 5.41) is 21.9. The highest BCUT2D eigenvalue weighted by molar-refractivity contribution is 7.90. The van der Waals surface area contributed by atoms with Gasteiger partial charge in [-0.3, -0.25) is 0 Å². The summed E-state index contributed by atoms with van der Waals surface area (Å²) in [5.74, 6) is -1.05. The quantitative estimate of drug-likeness (QED) is 0.240. The number of carboxylic acid groups (broad SMARTS) is 1. The lowest BCUT2D eigenvalue weighted by Crippen LogP contribution is -2.52. The number of hydrogen-bond acceptors (Lipinski definition) is 5. The van der Waals surface area contributed by atoms with Crippen LogP contribution in [0.1, 0.15) is 34.1 Å². The second-order valence-electron chi connectivity index (χ2n) is 6.00. The summed E-state index contributed by atoms with van der Waals surface area (Å²) in [6, 6.07) is -3.08. The van der Waals surface area contributed by atoms with Gasteiger partial charge >= 0.3 is 12.3 Å². The van der Waals surface area contributed by atoms with E-state index < -0.39 is 52.8 Å². The van der Waals surface area contributed by atoms with Crippen molar-refractivity contribution in [2.24, 2.45) is 11.1 Å². The van der Waals surface area contributed by atoms with Crippen LogP contribution in [-0.4, -0.2) is 50.2 Å². The maximum Gasteiger partial charge on any atom is 0.408 e. The third-order valence-electron chi connectivity index (χ3n) is 2.96. The number of nitrogens with zero attached hydrogens (tertiary/aromatic N) is 1. The van der Waals surface area contributed by atoms with Gasteiger partial charge in [0.05, 0.1) is 0 Å². The number of rotatable bonds is 7. The Bertz CT molecular complexity index is 415. The van der Waals surface area contributed by atoms with Crippen molar-refractivity contribution >= 4 is 23.7 Å². The average molecular weight is 361 g/mol. The summed E-state index contributed by atoms with van der Waals surface area (Å²) in [7, 11) is 0. The van der Waals surface area contributed by atoms with Gasteiger partial charge in [0.15, 0.2) is 0 Å². The summed E-state index contributed by atoms with van der Waals surface area (Å²) in [6.45, 7) is 5.90. The number of amides is 1. The van der Waals surface area contributed by atoms with Crippen LogP contribution >= 0.6 is 0 Å². The molecule has 0 aromatic heterocycles. The molecule has 0 saturated heterocycles. The molecule has 136 valence electrons. The van der Waals surface area contributed by atoms with E-state index in [-0.39, 0.29) is 0 Å². The van der Waals surface area contributed by atoms with E-state index in [9.17, 15) is 22.5 Å². The molecular formula is C12H22F3N3O4S. The minimum Gasteiger partial charge on any atom is -0.598 e. The number of nitrogens with one attached hydrogen (secondary N) is 2. The van der Waals surface area contributed by atoms with E-state index in [1.54, 1.807) is 0 Å². The van der Waals surface area contributed by atoms with Gasteiger partial charge in [-0.2, -0.15) is 13.2 Å². The van der Waals surface area contributed by atoms with Gasteiger partial charge < -0.3 is 20.2 Å². The Hall–Kier alpha value is -1.20. The lowest BCUT2D eigenvalue weighted by Gasteiger charge is -2.31. The van der Waals surface area contributed by atoms with Gasteiger partial charge in [0, 0.05) is 29.5 Å². The Labute approximate surface area is 135 Å². The molecular weight excluding hydrogens is 339 g/mol. The van der Waals surface area contributed by atoms with Crippen LogP contribution in [-0.2, 0) is 11.4 Å². The maximum absolute atomic E-state index is 13.2. The van der Waals surface area contributed by atoms with Crippen LogP contribution in [0, 0.1) is 5.92 Å². The van der Waals surface area contributed by atoms with E-state index in [0.717, 1.165) is 6.21 Å². The average Bonchev–Trinajstić information content (AvgIpc) is 2.33. The Balaban J connectivity index is 5.20. The molecule has 23 heavy (non-hydrogen) atoms. The van der Waals surface area contributed by atoms with Gasteiger partial charge in [0.1, 0.15) is 10.8 Å². The van der Waals surface area contributed by atoms with Crippen molar-refractivity contribution in [2.75, 3.05) is 0 Å². The van der Waals surface area contributed by atoms with Crippen molar-refractivity contribution in [2.45, 2.75) is 57.1 Å². The molecule has 0 aliphatic heterocycles. The van der Waals surface area contributed by atoms with Crippen LogP contribution in [0.3, 0.4) is 0 Å².